The first kappa shape index (κ1) is 23.5. The summed E-state index contributed by atoms with van der Waals surface area (Å²) in [7, 11) is 0. The highest BCUT2D eigenvalue weighted by Gasteiger charge is 2.34. The Balaban J connectivity index is 1.73. The van der Waals surface area contributed by atoms with E-state index in [1.165, 1.54) is 0 Å². The zero-order chi connectivity index (χ0) is 23.3. The second-order valence-corrected chi connectivity index (χ2v) is 8.64. The van der Waals surface area contributed by atoms with Gasteiger partial charge in [0.05, 0.1) is 5.69 Å². The molecule has 7 nitrogen and oxygen atoms in total. The molecule has 7 heteroatoms. The van der Waals surface area contributed by atoms with Crippen LogP contribution in [-0.4, -0.2) is 47.7 Å². The van der Waals surface area contributed by atoms with Gasteiger partial charge in [-0.25, -0.2) is 10.2 Å². The Morgan fingerprint density at radius 3 is 2.41 bits per heavy atom. The van der Waals surface area contributed by atoms with Crippen LogP contribution in [0.3, 0.4) is 0 Å². The van der Waals surface area contributed by atoms with Crippen molar-refractivity contribution >= 4 is 23.3 Å². The topological polar surface area (TPSA) is 77.0 Å². The second-order valence-electron chi connectivity index (χ2n) is 8.64. The predicted octanol–water partition coefficient (Wildman–Crippen LogP) is 3.66. The smallest absolute Gasteiger partial charge is 0.333 e. The van der Waals surface area contributed by atoms with Crippen LogP contribution < -0.4 is 15.6 Å². The molecule has 0 aliphatic carbocycles. The molecule has 1 heterocycles. The van der Waals surface area contributed by atoms with E-state index < -0.39 is 6.03 Å². The number of carbonyl (C=O) groups is 2. The van der Waals surface area contributed by atoms with Crippen LogP contribution in [0.1, 0.15) is 44.4 Å². The van der Waals surface area contributed by atoms with Gasteiger partial charge in [0.25, 0.3) is 5.91 Å². The van der Waals surface area contributed by atoms with Crippen molar-refractivity contribution in [2.45, 2.75) is 53.2 Å². The summed E-state index contributed by atoms with van der Waals surface area (Å²) in [4.78, 5) is 29.6. The number of benzene rings is 2. The Hall–Kier alpha value is -3.19. The van der Waals surface area contributed by atoms with E-state index in [0.717, 1.165) is 28.9 Å². The first-order valence-corrected chi connectivity index (χ1v) is 11.1. The summed E-state index contributed by atoms with van der Waals surface area (Å²) < 4.78 is 0. The van der Waals surface area contributed by atoms with Crippen LogP contribution >= 0.6 is 0 Å². The number of aryl methyl sites for hydroxylation is 1. The Labute approximate surface area is 190 Å². The molecular formula is C25H33N5O2. The molecule has 0 radical (unpaired) electrons. The van der Waals surface area contributed by atoms with Crippen molar-refractivity contribution in [3.8, 4) is 0 Å². The van der Waals surface area contributed by atoms with Crippen LogP contribution in [0.2, 0.25) is 0 Å². The van der Waals surface area contributed by atoms with E-state index in [-0.39, 0.29) is 11.6 Å². The lowest BCUT2D eigenvalue weighted by Gasteiger charge is -2.32. The standard InChI is InChI=1S/C25H33N5O2/c1-17(2)29(18(3)4)13-14-30-22-12-11-19(5)15-21(22)23(24(30)31)27-28-25(32)26-16-20-9-7-6-8-10-20/h6-12,15,17-18H,13-14,16H2,1-5H3,(H2,26,28,32)/b27-23+. The number of carbonyl (C=O) groups excluding carboxylic acids is 2. The average Bonchev–Trinajstić information content (AvgIpc) is 3.01. The van der Waals surface area contributed by atoms with E-state index in [1.807, 2.05) is 55.5 Å². The van der Waals surface area contributed by atoms with Gasteiger partial charge in [-0.2, -0.15) is 5.10 Å². The maximum absolute atomic E-state index is 13.2. The van der Waals surface area contributed by atoms with Gasteiger partial charge in [0.2, 0.25) is 0 Å². The van der Waals surface area contributed by atoms with Gasteiger partial charge in [-0.15, -0.1) is 0 Å². The van der Waals surface area contributed by atoms with E-state index >= 15 is 0 Å². The van der Waals surface area contributed by atoms with Gasteiger partial charge in [-0.05, 0) is 52.3 Å². The fraction of sp³-hybridized carbons (Fsp3) is 0.400. The molecule has 0 saturated carbocycles. The molecule has 0 aromatic heterocycles. The van der Waals surface area contributed by atoms with Gasteiger partial charge in [0, 0.05) is 37.3 Å². The Kier molecular flexibility index (Phi) is 7.64. The molecule has 170 valence electrons. The SMILES string of the molecule is Cc1ccc2c(c1)/C(=N\NC(=O)NCc1ccccc1)C(=O)N2CCN(C(C)C)C(C)C. The third-order valence-corrected chi connectivity index (χ3v) is 5.62. The van der Waals surface area contributed by atoms with Gasteiger partial charge in [0.15, 0.2) is 5.71 Å². The van der Waals surface area contributed by atoms with Crippen LogP contribution in [0.25, 0.3) is 0 Å². The van der Waals surface area contributed by atoms with Crippen molar-refractivity contribution in [1.82, 2.24) is 15.6 Å². The first-order chi connectivity index (χ1) is 15.3. The number of amides is 3. The number of nitrogens with one attached hydrogen (secondary N) is 2. The Morgan fingerprint density at radius 2 is 1.75 bits per heavy atom. The Bertz CT molecular complexity index is 977. The van der Waals surface area contributed by atoms with Crippen LogP contribution in [0.5, 0.6) is 0 Å². The quantitative estimate of drug-likeness (QED) is 0.621. The second kappa shape index (κ2) is 10.4. The Morgan fingerprint density at radius 1 is 1.06 bits per heavy atom. The number of nitrogens with zero attached hydrogens (tertiary/aromatic N) is 3. The summed E-state index contributed by atoms with van der Waals surface area (Å²) in [5.74, 6) is -0.193. The summed E-state index contributed by atoms with van der Waals surface area (Å²) in [5, 5.41) is 6.96. The highest BCUT2D eigenvalue weighted by atomic mass is 16.2. The third kappa shape index (κ3) is 5.53. The molecule has 3 amide bonds. The molecule has 0 unspecified atom stereocenters. The van der Waals surface area contributed by atoms with Crippen molar-refractivity contribution in [3.63, 3.8) is 0 Å². The van der Waals surface area contributed by atoms with Gasteiger partial charge in [0.1, 0.15) is 0 Å². The molecule has 32 heavy (non-hydrogen) atoms. The largest absolute Gasteiger partial charge is 0.335 e. The molecule has 0 bridgehead atoms. The fourth-order valence-electron chi connectivity index (χ4n) is 4.01. The van der Waals surface area contributed by atoms with Crippen molar-refractivity contribution in [2.24, 2.45) is 5.10 Å². The molecule has 1 aliphatic rings. The zero-order valence-corrected chi connectivity index (χ0v) is 19.6. The summed E-state index contributed by atoms with van der Waals surface area (Å²) >= 11 is 0. The van der Waals surface area contributed by atoms with E-state index in [1.54, 1.807) is 4.90 Å². The predicted molar refractivity (Wildman–Crippen MR) is 129 cm³/mol. The molecule has 2 N–H and O–H groups in total. The van der Waals surface area contributed by atoms with Crippen LogP contribution in [0.4, 0.5) is 10.5 Å². The minimum Gasteiger partial charge on any atom is -0.333 e. The highest BCUT2D eigenvalue weighted by molar-refractivity contribution is 6.54. The van der Waals surface area contributed by atoms with E-state index in [0.29, 0.717) is 25.2 Å². The normalized spacial score (nSPS) is 14.6. The first-order valence-electron chi connectivity index (χ1n) is 11.1. The summed E-state index contributed by atoms with van der Waals surface area (Å²) in [6.45, 7) is 12.3. The van der Waals surface area contributed by atoms with Crippen molar-refractivity contribution in [3.05, 3.63) is 65.2 Å². The number of rotatable bonds is 8. The molecule has 0 fully saturated rings. The molecule has 2 aromatic rings. The van der Waals surface area contributed by atoms with Gasteiger partial charge >= 0.3 is 6.03 Å². The molecule has 2 aromatic carbocycles. The number of urea groups is 1. The zero-order valence-electron chi connectivity index (χ0n) is 19.6. The number of fused-ring (bicyclic) bond motifs is 1. The summed E-state index contributed by atoms with van der Waals surface area (Å²) in [6, 6.07) is 15.8. The summed E-state index contributed by atoms with van der Waals surface area (Å²) in [6.07, 6.45) is 0. The van der Waals surface area contributed by atoms with Gasteiger partial charge < -0.3 is 10.2 Å². The third-order valence-electron chi connectivity index (χ3n) is 5.62. The molecular weight excluding hydrogens is 402 g/mol. The number of hydrogen-bond acceptors (Lipinski definition) is 4. The number of anilines is 1. The molecule has 1 aliphatic heterocycles. The van der Waals surface area contributed by atoms with Crippen molar-refractivity contribution in [1.29, 1.82) is 0 Å². The van der Waals surface area contributed by atoms with E-state index in [9.17, 15) is 9.59 Å². The minimum absolute atomic E-state index is 0.193. The maximum Gasteiger partial charge on any atom is 0.335 e. The minimum atomic E-state index is -0.451. The van der Waals surface area contributed by atoms with Crippen molar-refractivity contribution < 1.29 is 9.59 Å². The average molecular weight is 436 g/mol. The maximum atomic E-state index is 13.2. The molecule has 0 saturated heterocycles. The van der Waals surface area contributed by atoms with Gasteiger partial charge in [-0.1, -0.05) is 42.0 Å². The highest BCUT2D eigenvalue weighted by Crippen LogP contribution is 2.30. The van der Waals surface area contributed by atoms with Gasteiger partial charge in [-0.3, -0.25) is 9.69 Å². The summed E-state index contributed by atoms with van der Waals surface area (Å²) in [5.41, 5.74) is 6.35. The molecule has 0 spiro atoms. The lowest BCUT2D eigenvalue weighted by atomic mass is 10.1. The van der Waals surface area contributed by atoms with Crippen LogP contribution in [0, 0.1) is 6.92 Å². The van der Waals surface area contributed by atoms with Crippen molar-refractivity contribution in [2.75, 3.05) is 18.0 Å². The molecule has 0 atom stereocenters. The fourth-order valence-corrected chi connectivity index (χ4v) is 4.01. The van der Waals surface area contributed by atoms with Crippen LogP contribution in [0.15, 0.2) is 53.6 Å². The number of hydrogen-bond donors (Lipinski definition) is 2. The lowest BCUT2D eigenvalue weighted by molar-refractivity contribution is -0.112. The van der Waals surface area contributed by atoms with E-state index in [4.69, 9.17) is 0 Å². The monoisotopic (exact) mass is 435 g/mol. The molecule has 3 rings (SSSR count). The van der Waals surface area contributed by atoms with E-state index in [2.05, 4.69) is 48.4 Å². The van der Waals surface area contributed by atoms with Crippen LogP contribution in [-0.2, 0) is 11.3 Å². The lowest BCUT2D eigenvalue weighted by Crippen LogP contribution is -2.44. The number of hydrazone groups is 1.